The molecule has 1 saturated heterocycles. The molecular formula is C22H29ClN10OS2. The van der Waals surface area contributed by atoms with E-state index < -0.39 is 15.7 Å². The van der Waals surface area contributed by atoms with E-state index in [4.69, 9.17) is 28.2 Å². The fourth-order valence-corrected chi connectivity index (χ4v) is 6.55. The van der Waals surface area contributed by atoms with Crippen molar-refractivity contribution in [2.45, 2.75) is 60.2 Å². The molecule has 0 aromatic carbocycles. The van der Waals surface area contributed by atoms with Crippen molar-refractivity contribution in [3.05, 3.63) is 35.4 Å². The molecule has 14 heteroatoms. The zero-order valence-electron chi connectivity index (χ0n) is 20.1. The molecule has 3 aromatic heterocycles. The minimum Gasteiger partial charge on any atom is -0.382 e. The van der Waals surface area contributed by atoms with E-state index in [0.717, 1.165) is 48.9 Å². The largest absolute Gasteiger partial charge is 0.382 e. The Balaban J connectivity index is 1.31. The predicted octanol–water partition coefficient (Wildman–Crippen LogP) is 2.61. The Hall–Kier alpha value is -2.48. The molecule has 3 aromatic rings. The highest BCUT2D eigenvalue weighted by Gasteiger charge is 2.51. The van der Waals surface area contributed by atoms with Crippen LogP contribution in [0.5, 0.6) is 0 Å². The van der Waals surface area contributed by atoms with Crippen LogP contribution in [0.25, 0.3) is 0 Å². The summed E-state index contributed by atoms with van der Waals surface area (Å²) in [6.07, 6.45) is 7.75. The molecule has 1 spiro atoms. The van der Waals surface area contributed by atoms with Crippen molar-refractivity contribution in [3.63, 3.8) is 0 Å². The molecule has 5 rings (SSSR count). The van der Waals surface area contributed by atoms with Crippen LogP contribution in [0.4, 0.5) is 17.5 Å². The number of hydrogen-bond acceptors (Lipinski definition) is 10. The van der Waals surface area contributed by atoms with Crippen molar-refractivity contribution < 1.29 is 4.21 Å². The Bertz CT molecular complexity index is 1310. The smallest absolute Gasteiger partial charge is 0.158 e. The maximum Gasteiger partial charge on any atom is 0.158 e. The summed E-state index contributed by atoms with van der Waals surface area (Å²) in [5.41, 5.74) is 13.2. The van der Waals surface area contributed by atoms with E-state index in [0.29, 0.717) is 22.3 Å². The van der Waals surface area contributed by atoms with Gasteiger partial charge in [0.15, 0.2) is 5.82 Å². The molecule has 192 valence electrons. The molecule has 0 amide bonds. The van der Waals surface area contributed by atoms with E-state index in [-0.39, 0.29) is 17.2 Å². The maximum atomic E-state index is 12.2. The molecule has 0 bridgehead atoms. The Labute approximate surface area is 221 Å². The van der Waals surface area contributed by atoms with Gasteiger partial charge in [0.1, 0.15) is 16.7 Å². The third kappa shape index (κ3) is 4.53. The highest BCUT2D eigenvalue weighted by atomic mass is 35.5. The van der Waals surface area contributed by atoms with Crippen LogP contribution < -0.4 is 21.5 Å². The van der Waals surface area contributed by atoms with Crippen LogP contribution in [-0.2, 0) is 17.5 Å². The lowest BCUT2D eigenvalue weighted by molar-refractivity contribution is 0.155. The Morgan fingerprint density at radius 2 is 1.97 bits per heavy atom. The van der Waals surface area contributed by atoms with Crippen molar-refractivity contribution in [1.29, 1.82) is 0 Å². The van der Waals surface area contributed by atoms with Gasteiger partial charge in [-0.3, -0.25) is 5.14 Å². The lowest BCUT2D eigenvalue weighted by atomic mass is 9.67. The van der Waals surface area contributed by atoms with Gasteiger partial charge in [0.25, 0.3) is 0 Å². The first-order valence-electron chi connectivity index (χ1n) is 11.6. The second-order valence-corrected chi connectivity index (χ2v) is 13.1. The number of nitrogens with zero attached hydrogens (tertiary/aromatic N) is 7. The highest BCUT2D eigenvalue weighted by Crippen LogP contribution is 2.53. The van der Waals surface area contributed by atoms with Gasteiger partial charge in [-0.2, -0.15) is 0 Å². The SMILES string of the molecule is CC(C)(C[C@@H]1c2cnnn2CC12CCN(c1cnc(Sc3ccnc(N)c3Cl)c(N)n1)CC2)S(N)=O. The summed E-state index contributed by atoms with van der Waals surface area (Å²) in [5, 5.41) is 15.2. The molecule has 0 aliphatic carbocycles. The highest BCUT2D eigenvalue weighted by molar-refractivity contribution is 7.99. The standard InChI is InChI=1S/C22H29ClN10OS2/c1-21(2,36(26)34)9-13-14-10-29-31-33(14)12-22(13)4-7-32(8-5-22)16-11-28-20(19(25)30-16)35-15-3-6-27-18(24)17(15)23/h3,6,10-11,13H,4-5,7-9,12,26H2,1-2H3,(H2,24,27)(H2,25,30)/t13-,36?/m1/s1. The monoisotopic (exact) mass is 548 g/mol. The first-order valence-corrected chi connectivity index (χ1v) is 14.0. The van der Waals surface area contributed by atoms with Crippen molar-refractivity contribution in [2.75, 3.05) is 29.5 Å². The van der Waals surface area contributed by atoms with Gasteiger partial charge >= 0.3 is 0 Å². The molecule has 2 aliphatic heterocycles. The lowest BCUT2D eigenvalue weighted by Gasteiger charge is -2.44. The van der Waals surface area contributed by atoms with Crippen LogP contribution in [0, 0.1) is 5.41 Å². The predicted molar refractivity (Wildman–Crippen MR) is 142 cm³/mol. The fourth-order valence-electron chi connectivity index (χ4n) is 5.20. The topological polar surface area (TPSA) is 168 Å². The number of rotatable bonds is 6. The van der Waals surface area contributed by atoms with Crippen LogP contribution in [0.15, 0.2) is 34.6 Å². The van der Waals surface area contributed by atoms with Crippen LogP contribution in [-0.4, -0.2) is 52.0 Å². The Morgan fingerprint density at radius 1 is 1.22 bits per heavy atom. The van der Waals surface area contributed by atoms with Gasteiger partial charge in [-0.25, -0.2) is 23.8 Å². The fraction of sp³-hybridized carbons (Fsp3) is 0.500. The third-order valence-electron chi connectivity index (χ3n) is 7.37. The van der Waals surface area contributed by atoms with Gasteiger partial charge in [-0.05, 0) is 39.2 Å². The van der Waals surface area contributed by atoms with Crippen molar-refractivity contribution in [1.82, 2.24) is 29.9 Å². The molecule has 36 heavy (non-hydrogen) atoms. The summed E-state index contributed by atoms with van der Waals surface area (Å²) >= 11 is 7.57. The Morgan fingerprint density at radius 3 is 2.67 bits per heavy atom. The minimum atomic E-state index is -1.43. The number of nitrogens with two attached hydrogens (primary N) is 3. The van der Waals surface area contributed by atoms with Gasteiger partial charge in [-0.1, -0.05) is 28.6 Å². The van der Waals surface area contributed by atoms with Gasteiger partial charge < -0.3 is 16.4 Å². The molecule has 6 N–H and O–H groups in total. The number of anilines is 3. The first-order chi connectivity index (χ1) is 17.1. The van der Waals surface area contributed by atoms with Gasteiger partial charge in [0, 0.05) is 42.1 Å². The lowest BCUT2D eigenvalue weighted by Crippen LogP contribution is -2.45. The average Bonchev–Trinajstić information content (AvgIpc) is 3.39. The van der Waals surface area contributed by atoms with E-state index in [9.17, 15) is 4.21 Å². The third-order valence-corrected chi connectivity index (χ3v) is 10.2. The van der Waals surface area contributed by atoms with Crippen LogP contribution >= 0.6 is 23.4 Å². The second-order valence-electron chi connectivity index (χ2n) is 10.0. The summed E-state index contributed by atoms with van der Waals surface area (Å²) < 4.78 is 13.7. The zero-order chi connectivity index (χ0) is 25.7. The number of nitrogen functional groups attached to an aromatic ring is 2. The number of hydrogen-bond donors (Lipinski definition) is 3. The number of pyridine rings is 1. The van der Waals surface area contributed by atoms with Gasteiger partial charge in [-0.15, -0.1) is 5.10 Å². The number of aromatic nitrogens is 6. The van der Waals surface area contributed by atoms with Gasteiger partial charge in [0.05, 0.1) is 38.8 Å². The van der Waals surface area contributed by atoms with E-state index >= 15 is 0 Å². The quantitative estimate of drug-likeness (QED) is 0.416. The molecular weight excluding hydrogens is 520 g/mol. The maximum absolute atomic E-state index is 12.2. The van der Waals surface area contributed by atoms with E-state index in [1.165, 1.54) is 11.8 Å². The Kier molecular flexibility index (Phi) is 6.60. The molecule has 0 saturated carbocycles. The summed E-state index contributed by atoms with van der Waals surface area (Å²) in [5.74, 6) is 1.52. The van der Waals surface area contributed by atoms with Crippen molar-refractivity contribution >= 4 is 51.8 Å². The normalized spacial score (nSPS) is 20.0. The summed E-state index contributed by atoms with van der Waals surface area (Å²) in [6, 6.07) is 1.77. The molecule has 1 unspecified atom stereocenters. The van der Waals surface area contributed by atoms with Crippen LogP contribution in [0.2, 0.25) is 5.02 Å². The molecule has 11 nitrogen and oxygen atoms in total. The molecule has 2 atom stereocenters. The zero-order valence-corrected chi connectivity index (χ0v) is 22.5. The number of fused-ring (bicyclic) bond motifs is 1. The summed E-state index contributed by atoms with van der Waals surface area (Å²) in [4.78, 5) is 16.1. The number of halogens is 1. The summed E-state index contributed by atoms with van der Waals surface area (Å²) in [6.45, 7) is 6.32. The number of piperidine rings is 1. The van der Waals surface area contributed by atoms with Crippen LogP contribution in [0.1, 0.15) is 44.7 Å². The molecule has 5 heterocycles. The first kappa shape index (κ1) is 25.2. The second kappa shape index (κ2) is 9.43. The van der Waals surface area contributed by atoms with Gasteiger partial charge in [0.2, 0.25) is 0 Å². The molecule has 0 radical (unpaired) electrons. The van der Waals surface area contributed by atoms with Crippen molar-refractivity contribution in [2.24, 2.45) is 10.6 Å². The van der Waals surface area contributed by atoms with E-state index in [1.807, 2.05) is 24.7 Å². The van der Waals surface area contributed by atoms with Crippen LogP contribution in [0.3, 0.4) is 0 Å². The van der Waals surface area contributed by atoms with E-state index in [1.54, 1.807) is 18.5 Å². The van der Waals surface area contributed by atoms with Crippen molar-refractivity contribution in [3.8, 4) is 0 Å². The average molecular weight is 549 g/mol. The van der Waals surface area contributed by atoms with E-state index in [2.05, 4.69) is 30.2 Å². The summed E-state index contributed by atoms with van der Waals surface area (Å²) in [7, 11) is -1.43. The molecule has 1 fully saturated rings. The minimum absolute atomic E-state index is 0.00516. The molecule has 2 aliphatic rings.